The molecule has 3 N–H and O–H groups in total. The number of halogens is 2. The second-order valence-electron chi connectivity index (χ2n) is 9.32. The number of aromatic nitrogens is 4. The van der Waals surface area contributed by atoms with Gasteiger partial charge in [0, 0.05) is 23.4 Å². The number of oxazole rings is 1. The average Bonchev–Trinajstić information content (AvgIpc) is 3.22. The third-order valence-corrected chi connectivity index (χ3v) is 8.59. The monoisotopic (exact) mass is 523 g/mol. The lowest BCUT2D eigenvalue weighted by Gasteiger charge is -2.33. The standard InChI is InChI=1S/C25H23F2N7O2S/c1-13-21-24(2,34-23(28)37-25(13,21)12-26)15-9-14(3-4-16(15)27)32-22-20-17(5-6-30-22)33-18(10-31-20)36-11-19-29-7-8-35-19/h3-10,13,21H,11-12H2,1-2H3,(H2,28,34)(H,30,32)/t13?,21?,24-,25+/m1/s1. The molecule has 12 heteroatoms. The summed E-state index contributed by atoms with van der Waals surface area (Å²) >= 11 is 1.26. The quantitative estimate of drug-likeness (QED) is 0.354. The Bertz CT molecular complexity index is 1520. The lowest BCUT2D eigenvalue weighted by atomic mass is 9.85. The molecule has 2 aliphatic rings. The molecule has 4 atom stereocenters. The van der Waals surface area contributed by atoms with E-state index in [9.17, 15) is 4.39 Å². The molecule has 1 aliphatic heterocycles. The molecule has 1 fully saturated rings. The molecule has 9 nitrogen and oxygen atoms in total. The van der Waals surface area contributed by atoms with E-state index in [1.165, 1.54) is 36.5 Å². The van der Waals surface area contributed by atoms with Crippen LogP contribution in [0, 0.1) is 17.7 Å². The van der Waals surface area contributed by atoms with Crippen molar-refractivity contribution in [3.63, 3.8) is 0 Å². The number of nitrogens with one attached hydrogen (secondary N) is 1. The topological polar surface area (TPSA) is 124 Å². The van der Waals surface area contributed by atoms with Crippen LogP contribution in [-0.2, 0) is 12.1 Å². The molecule has 2 unspecified atom stereocenters. The second-order valence-corrected chi connectivity index (χ2v) is 10.7. The number of nitrogens with two attached hydrogens (primary N) is 1. The van der Waals surface area contributed by atoms with Crippen molar-refractivity contribution in [1.29, 1.82) is 0 Å². The minimum atomic E-state index is -0.996. The van der Waals surface area contributed by atoms with Crippen LogP contribution in [-0.4, -0.2) is 36.5 Å². The number of amidine groups is 1. The van der Waals surface area contributed by atoms with Crippen LogP contribution in [0.5, 0.6) is 5.88 Å². The molecule has 0 radical (unpaired) electrons. The van der Waals surface area contributed by atoms with E-state index in [0.717, 1.165) is 0 Å². The Morgan fingerprint density at radius 2 is 2.08 bits per heavy atom. The highest BCUT2D eigenvalue weighted by atomic mass is 32.2. The van der Waals surface area contributed by atoms with Gasteiger partial charge in [0.1, 0.15) is 24.3 Å². The zero-order valence-corrected chi connectivity index (χ0v) is 20.8. The Balaban J connectivity index is 1.30. The minimum absolute atomic E-state index is 0.00306. The Morgan fingerprint density at radius 1 is 1.22 bits per heavy atom. The number of nitrogens with zero attached hydrogens (tertiary/aromatic N) is 5. The summed E-state index contributed by atoms with van der Waals surface area (Å²) in [4.78, 5) is 22.0. The van der Waals surface area contributed by atoms with Gasteiger partial charge in [-0.05, 0) is 37.1 Å². The van der Waals surface area contributed by atoms with Crippen molar-refractivity contribution < 1.29 is 17.9 Å². The van der Waals surface area contributed by atoms with Gasteiger partial charge in [-0.15, -0.1) is 0 Å². The number of ether oxygens (including phenoxy) is 1. The first-order valence-corrected chi connectivity index (χ1v) is 12.5. The van der Waals surface area contributed by atoms with Crippen molar-refractivity contribution in [2.75, 3.05) is 12.0 Å². The summed E-state index contributed by atoms with van der Waals surface area (Å²) in [5.74, 6) is 0.563. The molecule has 0 spiro atoms. The van der Waals surface area contributed by atoms with E-state index in [2.05, 4.69) is 30.2 Å². The highest BCUT2D eigenvalue weighted by molar-refractivity contribution is 8.15. The van der Waals surface area contributed by atoms with Crippen molar-refractivity contribution in [3.8, 4) is 5.88 Å². The number of benzene rings is 1. The fourth-order valence-electron chi connectivity index (χ4n) is 5.37. The molecule has 1 aromatic carbocycles. The van der Waals surface area contributed by atoms with Crippen LogP contribution in [0.25, 0.3) is 11.0 Å². The van der Waals surface area contributed by atoms with Crippen molar-refractivity contribution >= 4 is 39.5 Å². The first-order valence-electron chi connectivity index (χ1n) is 11.6. The van der Waals surface area contributed by atoms with Gasteiger partial charge in [-0.2, -0.15) is 0 Å². The van der Waals surface area contributed by atoms with Gasteiger partial charge in [-0.1, -0.05) is 18.7 Å². The number of thioether (sulfide) groups is 1. The number of aliphatic imine (C=N–C) groups is 1. The van der Waals surface area contributed by atoms with Crippen LogP contribution in [0.2, 0.25) is 0 Å². The van der Waals surface area contributed by atoms with Gasteiger partial charge in [0.15, 0.2) is 17.6 Å². The largest absolute Gasteiger partial charge is 0.467 e. The molecule has 190 valence electrons. The average molecular weight is 524 g/mol. The van der Waals surface area contributed by atoms with E-state index in [1.54, 1.807) is 24.4 Å². The Kier molecular flexibility index (Phi) is 5.51. The lowest BCUT2D eigenvalue weighted by molar-refractivity contribution is 0.253. The normalized spacial score (nSPS) is 26.4. The minimum Gasteiger partial charge on any atom is -0.467 e. The summed E-state index contributed by atoms with van der Waals surface area (Å²) in [6.45, 7) is 3.36. The fraction of sp³-hybridized carbons (Fsp3) is 0.320. The summed E-state index contributed by atoms with van der Waals surface area (Å²) in [7, 11) is 0. The summed E-state index contributed by atoms with van der Waals surface area (Å²) in [5.41, 5.74) is 7.08. The third-order valence-electron chi connectivity index (χ3n) is 7.18. The van der Waals surface area contributed by atoms with Gasteiger partial charge in [-0.25, -0.2) is 28.7 Å². The van der Waals surface area contributed by atoms with E-state index in [1.807, 2.05) is 13.8 Å². The van der Waals surface area contributed by atoms with Gasteiger partial charge in [0.2, 0.25) is 11.8 Å². The van der Waals surface area contributed by atoms with E-state index in [4.69, 9.17) is 14.9 Å². The zero-order valence-electron chi connectivity index (χ0n) is 20.0. The summed E-state index contributed by atoms with van der Waals surface area (Å²) in [6, 6.07) is 6.36. The van der Waals surface area contributed by atoms with Gasteiger partial charge in [-0.3, -0.25) is 4.99 Å². The van der Waals surface area contributed by atoms with Crippen molar-refractivity contribution in [2.45, 2.75) is 30.7 Å². The number of rotatable bonds is 7. The zero-order chi connectivity index (χ0) is 25.8. The van der Waals surface area contributed by atoms with Crippen LogP contribution in [0.1, 0.15) is 25.3 Å². The molecular formula is C25H23F2N7O2S. The molecule has 37 heavy (non-hydrogen) atoms. The molecular weight excluding hydrogens is 500 g/mol. The van der Waals surface area contributed by atoms with E-state index in [-0.39, 0.29) is 23.6 Å². The smallest absolute Gasteiger partial charge is 0.233 e. The Hall–Kier alpha value is -3.80. The molecule has 4 aromatic rings. The van der Waals surface area contributed by atoms with Crippen LogP contribution < -0.4 is 15.8 Å². The summed E-state index contributed by atoms with van der Waals surface area (Å²) in [5, 5.41) is 3.48. The van der Waals surface area contributed by atoms with Gasteiger partial charge in [0.05, 0.1) is 28.2 Å². The van der Waals surface area contributed by atoms with E-state index < -0.39 is 22.8 Å². The molecule has 0 saturated heterocycles. The molecule has 0 amide bonds. The molecule has 1 saturated carbocycles. The first-order chi connectivity index (χ1) is 17.8. The predicted molar refractivity (Wildman–Crippen MR) is 136 cm³/mol. The number of alkyl halides is 1. The third kappa shape index (κ3) is 3.86. The summed E-state index contributed by atoms with van der Waals surface area (Å²) < 4.78 is 39.4. The van der Waals surface area contributed by atoms with Crippen LogP contribution in [0.3, 0.4) is 0 Å². The maximum atomic E-state index is 15.2. The fourth-order valence-corrected chi connectivity index (χ4v) is 6.87. The van der Waals surface area contributed by atoms with Crippen molar-refractivity contribution in [2.24, 2.45) is 22.6 Å². The molecule has 3 aromatic heterocycles. The molecule has 4 heterocycles. The number of pyridine rings is 1. The van der Waals surface area contributed by atoms with Crippen LogP contribution in [0.4, 0.5) is 20.3 Å². The summed E-state index contributed by atoms with van der Waals surface area (Å²) in [6.07, 6.45) is 6.07. The number of hydrogen-bond donors (Lipinski definition) is 2. The van der Waals surface area contributed by atoms with Crippen LogP contribution >= 0.6 is 11.8 Å². The Morgan fingerprint density at radius 3 is 2.86 bits per heavy atom. The van der Waals surface area contributed by atoms with E-state index in [0.29, 0.717) is 39.9 Å². The molecule has 6 rings (SSSR count). The lowest BCUT2D eigenvalue weighted by Crippen LogP contribution is -2.36. The van der Waals surface area contributed by atoms with Gasteiger partial charge >= 0.3 is 0 Å². The maximum Gasteiger partial charge on any atom is 0.233 e. The second kappa shape index (κ2) is 8.65. The van der Waals surface area contributed by atoms with Gasteiger partial charge < -0.3 is 20.2 Å². The highest BCUT2D eigenvalue weighted by Crippen LogP contribution is 2.69. The number of fused-ring (bicyclic) bond motifs is 2. The van der Waals surface area contributed by atoms with Crippen LogP contribution in [0.15, 0.2) is 58.5 Å². The number of anilines is 2. The molecule has 0 bridgehead atoms. The van der Waals surface area contributed by atoms with Crippen molar-refractivity contribution in [1.82, 2.24) is 19.9 Å². The van der Waals surface area contributed by atoms with E-state index >= 15 is 4.39 Å². The number of hydrogen-bond acceptors (Lipinski definition) is 10. The molecule has 1 aliphatic carbocycles. The Labute approximate surface area is 215 Å². The maximum absolute atomic E-state index is 15.2. The highest BCUT2D eigenvalue weighted by Gasteiger charge is 2.72. The first kappa shape index (κ1) is 23.6. The predicted octanol–water partition coefficient (Wildman–Crippen LogP) is 4.73. The SMILES string of the molecule is CC1C2[C@@]1(CF)SC(N)=N[C@]2(C)c1cc(Nc2nccc3nc(OCc4ncco4)cnc23)ccc1F. The van der Waals surface area contributed by atoms with Gasteiger partial charge in [0.25, 0.3) is 0 Å². The van der Waals surface area contributed by atoms with Crippen molar-refractivity contribution in [3.05, 3.63) is 66.4 Å².